The van der Waals surface area contributed by atoms with Crippen molar-refractivity contribution < 1.29 is 9.90 Å². The maximum Gasteiger partial charge on any atom is 0.354 e. The first-order chi connectivity index (χ1) is 8.43. The molecule has 0 bridgehead atoms. The highest BCUT2D eigenvalue weighted by molar-refractivity contribution is 5.93. The predicted molar refractivity (Wildman–Crippen MR) is 69.8 cm³/mol. The number of hydrogen-bond donors (Lipinski definition) is 1. The molecule has 0 saturated carbocycles. The highest BCUT2D eigenvalue weighted by atomic mass is 16.4. The van der Waals surface area contributed by atoms with E-state index in [0.29, 0.717) is 5.69 Å². The SMILES string of the molecule is Cc1ccc(-c2ncn(C)c2C(=O)O)c(C)c1C. The molecule has 0 aliphatic heterocycles. The summed E-state index contributed by atoms with van der Waals surface area (Å²) in [4.78, 5) is 15.5. The van der Waals surface area contributed by atoms with Crippen LogP contribution >= 0.6 is 0 Å². The number of aromatic nitrogens is 2. The van der Waals surface area contributed by atoms with Crippen LogP contribution in [0.15, 0.2) is 18.5 Å². The van der Waals surface area contributed by atoms with Crippen molar-refractivity contribution >= 4 is 5.97 Å². The summed E-state index contributed by atoms with van der Waals surface area (Å²) >= 11 is 0. The first-order valence-electron chi connectivity index (χ1n) is 5.75. The van der Waals surface area contributed by atoms with E-state index in [9.17, 15) is 9.90 Å². The number of rotatable bonds is 2. The second-order valence-corrected chi connectivity index (χ2v) is 4.54. The second-order valence-electron chi connectivity index (χ2n) is 4.54. The third-order valence-corrected chi connectivity index (χ3v) is 3.45. The van der Waals surface area contributed by atoms with Gasteiger partial charge in [-0.25, -0.2) is 9.78 Å². The van der Waals surface area contributed by atoms with Crippen molar-refractivity contribution in [3.05, 3.63) is 40.8 Å². The van der Waals surface area contributed by atoms with E-state index < -0.39 is 5.97 Å². The van der Waals surface area contributed by atoms with Crippen molar-refractivity contribution in [3.8, 4) is 11.3 Å². The largest absolute Gasteiger partial charge is 0.477 e. The van der Waals surface area contributed by atoms with E-state index in [1.54, 1.807) is 7.05 Å². The normalized spacial score (nSPS) is 10.7. The van der Waals surface area contributed by atoms with E-state index >= 15 is 0 Å². The van der Waals surface area contributed by atoms with E-state index in [2.05, 4.69) is 4.98 Å². The molecule has 2 rings (SSSR count). The fraction of sp³-hybridized carbons (Fsp3) is 0.286. The van der Waals surface area contributed by atoms with Gasteiger partial charge >= 0.3 is 5.97 Å². The molecule has 0 unspecified atom stereocenters. The van der Waals surface area contributed by atoms with Gasteiger partial charge in [-0.3, -0.25) is 0 Å². The van der Waals surface area contributed by atoms with E-state index in [4.69, 9.17) is 0 Å². The van der Waals surface area contributed by atoms with Gasteiger partial charge in [-0.05, 0) is 37.5 Å². The zero-order chi connectivity index (χ0) is 13.4. The van der Waals surface area contributed by atoms with Gasteiger partial charge in [-0.2, -0.15) is 0 Å². The highest BCUT2D eigenvalue weighted by Gasteiger charge is 2.19. The molecule has 0 aliphatic carbocycles. The second kappa shape index (κ2) is 4.29. The van der Waals surface area contributed by atoms with Gasteiger partial charge < -0.3 is 9.67 Å². The number of aryl methyl sites for hydroxylation is 2. The Bertz CT molecular complexity index is 627. The Morgan fingerprint density at radius 3 is 2.50 bits per heavy atom. The van der Waals surface area contributed by atoms with Crippen molar-refractivity contribution in [1.82, 2.24) is 9.55 Å². The summed E-state index contributed by atoms with van der Waals surface area (Å²) in [6.45, 7) is 6.08. The van der Waals surface area contributed by atoms with Crippen molar-refractivity contribution in [2.75, 3.05) is 0 Å². The van der Waals surface area contributed by atoms with E-state index in [1.165, 1.54) is 22.0 Å². The summed E-state index contributed by atoms with van der Waals surface area (Å²) in [7, 11) is 1.69. The minimum atomic E-state index is -0.956. The molecule has 0 amide bonds. The monoisotopic (exact) mass is 244 g/mol. The molecular formula is C14H16N2O2. The van der Waals surface area contributed by atoms with Crippen LogP contribution in [-0.2, 0) is 7.05 Å². The van der Waals surface area contributed by atoms with Crippen LogP contribution in [0.3, 0.4) is 0 Å². The molecule has 1 aromatic heterocycles. The number of carboxylic acids is 1. The van der Waals surface area contributed by atoms with E-state index in [0.717, 1.165) is 11.1 Å². The molecule has 4 nitrogen and oxygen atoms in total. The first kappa shape index (κ1) is 12.4. The standard InChI is InChI=1S/C14H16N2O2/c1-8-5-6-11(10(3)9(8)2)12-13(14(17)18)16(4)7-15-12/h5-7H,1-4H3,(H,17,18). The minimum Gasteiger partial charge on any atom is -0.477 e. The highest BCUT2D eigenvalue weighted by Crippen LogP contribution is 2.28. The van der Waals surface area contributed by atoms with E-state index in [-0.39, 0.29) is 5.69 Å². The lowest BCUT2D eigenvalue weighted by molar-refractivity contribution is 0.0687. The molecule has 0 fully saturated rings. The van der Waals surface area contributed by atoms with Gasteiger partial charge in [0.05, 0.1) is 6.33 Å². The Morgan fingerprint density at radius 1 is 1.22 bits per heavy atom. The Morgan fingerprint density at radius 2 is 1.89 bits per heavy atom. The molecule has 4 heteroatoms. The lowest BCUT2D eigenvalue weighted by Gasteiger charge is -2.10. The summed E-state index contributed by atoms with van der Waals surface area (Å²) < 4.78 is 1.53. The average molecular weight is 244 g/mol. The fourth-order valence-corrected chi connectivity index (χ4v) is 2.09. The maximum absolute atomic E-state index is 11.3. The molecule has 94 valence electrons. The van der Waals surface area contributed by atoms with Crippen molar-refractivity contribution in [3.63, 3.8) is 0 Å². The van der Waals surface area contributed by atoms with E-state index in [1.807, 2.05) is 32.9 Å². The molecule has 1 heterocycles. The van der Waals surface area contributed by atoms with Gasteiger partial charge in [-0.15, -0.1) is 0 Å². The number of hydrogen-bond acceptors (Lipinski definition) is 2. The Hall–Kier alpha value is -2.10. The topological polar surface area (TPSA) is 55.1 Å². The third-order valence-electron chi connectivity index (χ3n) is 3.45. The summed E-state index contributed by atoms with van der Waals surface area (Å²) in [6.07, 6.45) is 1.54. The van der Waals surface area contributed by atoms with Gasteiger partial charge in [0.25, 0.3) is 0 Å². The summed E-state index contributed by atoms with van der Waals surface area (Å²) in [5.41, 5.74) is 5.10. The van der Waals surface area contributed by atoms with Crippen molar-refractivity contribution in [1.29, 1.82) is 0 Å². The molecular weight excluding hydrogens is 228 g/mol. The van der Waals surface area contributed by atoms with Crippen LogP contribution < -0.4 is 0 Å². The van der Waals surface area contributed by atoms with Crippen LogP contribution in [0.2, 0.25) is 0 Å². The average Bonchev–Trinajstić information content (AvgIpc) is 2.68. The Kier molecular flexibility index (Phi) is 2.95. The van der Waals surface area contributed by atoms with Crippen LogP contribution in [0.5, 0.6) is 0 Å². The minimum absolute atomic E-state index is 0.223. The zero-order valence-electron chi connectivity index (χ0n) is 11.0. The van der Waals surface area contributed by atoms with Gasteiger partial charge in [0, 0.05) is 12.6 Å². The number of imidazole rings is 1. The lowest BCUT2D eigenvalue weighted by atomic mass is 9.96. The molecule has 0 atom stereocenters. The van der Waals surface area contributed by atoms with Crippen LogP contribution in [0.1, 0.15) is 27.2 Å². The zero-order valence-corrected chi connectivity index (χ0v) is 11.0. The van der Waals surface area contributed by atoms with Crippen molar-refractivity contribution in [2.24, 2.45) is 7.05 Å². The molecule has 18 heavy (non-hydrogen) atoms. The number of carboxylic acid groups (broad SMARTS) is 1. The number of nitrogens with zero attached hydrogens (tertiary/aromatic N) is 2. The summed E-state index contributed by atoms with van der Waals surface area (Å²) in [6, 6.07) is 3.93. The van der Waals surface area contributed by atoms with Crippen LogP contribution in [0.4, 0.5) is 0 Å². The quantitative estimate of drug-likeness (QED) is 0.883. The van der Waals surface area contributed by atoms with Crippen LogP contribution in [0.25, 0.3) is 11.3 Å². The predicted octanol–water partition coefficient (Wildman–Crippen LogP) is 2.71. The number of benzene rings is 1. The molecule has 1 N–H and O–H groups in total. The van der Waals surface area contributed by atoms with Gasteiger partial charge in [-0.1, -0.05) is 12.1 Å². The molecule has 2 aromatic rings. The smallest absolute Gasteiger partial charge is 0.354 e. The van der Waals surface area contributed by atoms with Gasteiger partial charge in [0.15, 0.2) is 5.69 Å². The molecule has 0 radical (unpaired) electrons. The summed E-state index contributed by atoms with van der Waals surface area (Å²) in [5.74, 6) is -0.956. The Balaban J connectivity index is 2.71. The molecule has 0 saturated heterocycles. The number of carbonyl (C=O) groups is 1. The Labute approximate surface area is 106 Å². The third kappa shape index (κ3) is 1.79. The molecule has 0 aliphatic rings. The van der Waals surface area contributed by atoms with Gasteiger partial charge in [0.2, 0.25) is 0 Å². The van der Waals surface area contributed by atoms with Crippen LogP contribution in [-0.4, -0.2) is 20.6 Å². The molecule has 0 spiro atoms. The molecule has 1 aromatic carbocycles. The van der Waals surface area contributed by atoms with Crippen LogP contribution in [0, 0.1) is 20.8 Å². The summed E-state index contributed by atoms with van der Waals surface area (Å²) in [5, 5.41) is 9.25. The first-order valence-corrected chi connectivity index (χ1v) is 5.75. The van der Waals surface area contributed by atoms with Gasteiger partial charge in [0.1, 0.15) is 5.69 Å². The lowest BCUT2D eigenvalue weighted by Crippen LogP contribution is -2.06. The van der Waals surface area contributed by atoms with Crippen molar-refractivity contribution in [2.45, 2.75) is 20.8 Å². The number of aromatic carboxylic acids is 1. The maximum atomic E-state index is 11.3. The fourth-order valence-electron chi connectivity index (χ4n) is 2.09.